The molecule has 1 unspecified atom stereocenters. The van der Waals surface area contributed by atoms with Crippen molar-refractivity contribution >= 4 is 5.97 Å². The van der Waals surface area contributed by atoms with Crippen LogP contribution < -0.4 is 0 Å². The van der Waals surface area contributed by atoms with E-state index in [-0.39, 0.29) is 0 Å². The van der Waals surface area contributed by atoms with Crippen LogP contribution >= 0.6 is 0 Å². The molecule has 16 heavy (non-hydrogen) atoms. The van der Waals surface area contributed by atoms with E-state index in [2.05, 4.69) is 11.8 Å². The number of nitrogens with zero attached hydrogens (tertiary/aromatic N) is 1. The van der Waals surface area contributed by atoms with Crippen LogP contribution in [0.5, 0.6) is 0 Å². The monoisotopic (exact) mass is 225 g/mol. The molecule has 0 aromatic heterocycles. The topological polar surface area (TPSA) is 40.5 Å². The summed E-state index contributed by atoms with van der Waals surface area (Å²) in [4.78, 5) is 13.8. The van der Waals surface area contributed by atoms with Crippen molar-refractivity contribution in [3.63, 3.8) is 0 Å². The molecule has 3 nitrogen and oxygen atoms in total. The Morgan fingerprint density at radius 3 is 2.75 bits per heavy atom. The van der Waals surface area contributed by atoms with Gasteiger partial charge in [-0.1, -0.05) is 19.8 Å². The third-order valence-corrected chi connectivity index (χ3v) is 4.36. The van der Waals surface area contributed by atoms with Gasteiger partial charge < -0.3 is 10.0 Å². The van der Waals surface area contributed by atoms with Gasteiger partial charge in [0.1, 0.15) is 0 Å². The second-order valence-electron chi connectivity index (χ2n) is 5.62. The third kappa shape index (κ3) is 2.24. The molecule has 1 saturated carbocycles. The van der Waals surface area contributed by atoms with Gasteiger partial charge in [-0.05, 0) is 38.1 Å². The molecule has 0 aromatic carbocycles. The Kier molecular flexibility index (Phi) is 3.53. The highest BCUT2D eigenvalue weighted by Crippen LogP contribution is 2.37. The van der Waals surface area contributed by atoms with Crippen molar-refractivity contribution in [3.05, 3.63) is 0 Å². The minimum Gasteiger partial charge on any atom is -0.481 e. The summed E-state index contributed by atoms with van der Waals surface area (Å²) in [5, 5.41) is 9.39. The Labute approximate surface area is 97.8 Å². The van der Waals surface area contributed by atoms with Crippen molar-refractivity contribution in [2.75, 3.05) is 19.6 Å². The Morgan fingerprint density at radius 1 is 1.50 bits per heavy atom. The lowest BCUT2D eigenvalue weighted by Gasteiger charge is -2.31. The van der Waals surface area contributed by atoms with E-state index in [0.717, 1.165) is 44.8 Å². The van der Waals surface area contributed by atoms with E-state index < -0.39 is 11.4 Å². The van der Waals surface area contributed by atoms with Crippen LogP contribution in [0.3, 0.4) is 0 Å². The lowest BCUT2D eigenvalue weighted by atomic mass is 9.82. The van der Waals surface area contributed by atoms with Gasteiger partial charge in [0.2, 0.25) is 0 Å². The molecule has 0 amide bonds. The number of carbonyl (C=O) groups is 1. The average molecular weight is 225 g/mol. The van der Waals surface area contributed by atoms with E-state index in [1.165, 1.54) is 19.3 Å². The highest BCUT2D eigenvalue weighted by Gasteiger charge is 2.44. The molecule has 0 spiro atoms. The smallest absolute Gasteiger partial charge is 0.310 e. The van der Waals surface area contributed by atoms with E-state index in [9.17, 15) is 9.90 Å². The number of aliphatic carboxylic acids is 1. The van der Waals surface area contributed by atoms with Crippen LogP contribution in [-0.2, 0) is 4.79 Å². The quantitative estimate of drug-likeness (QED) is 0.781. The summed E-state index contributed by atoms with van der Waals surface area (Å²) in [7, 11) is 0. The molecular weight excluding hydrogens is 202 g/mol. The summed E-state index contributed by atoms with van der Waals surface area (Å²) in [6, 6.07) is 0. The second kappa shape index (κ2) is 4.74. The number of carboxylic acid groups (broad SMARTS) is 1. The zero-order valence-corrected chi connectivity index (χ0v) is 10.2. The van der Waals surface area contributed by atoms with Gasteiger partial charge >= 0.3 is 5.97 Å². The number of likely N-dealkylation sites (tertiary alicyclic amines) is 1. The number of carboxylic acids is 1. The zero-order chi connectivity index (χ0) is 11.6. The summed E-state index contributed by atoms with van der Waals surface area (Å²) in [6.07, 6.45) is 6.74. The zero-order valence-electron chi connectivity index (χ0n) is 10.2. The average Bonchev–Trinajstić information content (AvgIpc) is 2.57. The third-order valence-electron chi connectivity index (χ3n) is 4.36. The lowest BCUT2D eigenvalue weighted by molar-refractivity contribution is -0.148. The predicted octanol–water partition coefficient (Wildman–Crippen LogP) is 2.36. The summed E-state index contributed by atoms with van der Waals surface area (Å²) in [5.41, 5.74) is -0.432. The SMILES string of the molecule is CCCC1(C(=O)O)CCN(CC2CCC2)C1. The van der Waals surface area contributed by atoms with Crippen LogP contribution in [0.15, 0.2) is 0 Å². The molecule has 0 bridgehead atoms. The number of hydrogen-bond acceptors (Lipinski definition) is 2. The minimum atomic E-state index is -0.578. The van der Waals surface area contributed by atoms with Crippen molar-refractivity contribution in [3.8, 4) is 0 Å². The Hall–Kier alpha value is -0.570. The van der Waals surface area contributed by atoms with Gasteiger partial charge in [0, 0.05) is 13.1 Å². The Balaban J connectivity index is 1.89. The Bertz CT molecular complexity index is 263. The first-order chi connectivity index (χ1) is 7.66. The van der Waals surface area contributed by atoms with Crippen molar-refractivity contribution in [2.45, 2.75) is 45.4 Å². The minimum absolute atomic E-state index is 0.432. The normalized spacial score (nSPS) is 31.6. The van der Waals surface area contributed by atoms with Crippen LogP contribution in [0.25, 0.3) is 0 Å². The molecule has 92 valence electrons. The fourth-order valence-electron chi connectivity index (χ4n) is 3.12. The maximum atomic E-state index is 11.4. The van der Waals surface area contributed by atoms with Crippen LogP contribution in [-0.4, -0.2) is 35.6 Å². The molecule has 0 aromatic rings. The molecule has 1 saturated heterocycles. The lowest BCUT2D eigenvalue weighted by Crippen LogP contribution is -2.37. The molecule has 2 fully saturated rings. The van der Waals surface area contributed by atoms with Gasteiger partial charge in [0.15, 0.2) is 0 Å². The molecule has 2 rings (SSSR count). The fourth-order valence-corrected chi connectivity index (χ4v) is 3.12. The second-order valence-corrected chi connectivity index (χ2v) is 5.62. The van der Waals surface area contributed by atoms with Crippen molar-refractivity contribution in [1.82, 2.24) is 4.90 Å². The summed E-state index contributed by atoms with van der Waals surface area (Å²) in [6.45, 7) is 4.99. The van der Waals surface area contributed by atoms with Crippen LogP contribution in [0, 0.1) is 11.3 Å². The van der Waals surface area contributed by atoms with Gasteiger partial charge in [-0.2, -0.15) is 0 Å². The maximum absolute atomic E-state index is 11.4. The summed E-state index contributed by atoms with van der Waals surface area (Å²) < 4.78 is 0. The first-order valence-corrected chi connectivity index (χ1v) is 6.62. The van der Waals surface area contributed by atoms with E-state index in [1.807, 2.05) is 0 Å². The molecule has 0 radical (unpaired) electrons. The molecule has 3 heteroatoms. The first kappa shape index (κ1) is 11.9. The van der Waals surface area contributed by atoms with E-state index in [0.29, 0.717) is 0 Å². The molecule has 2 aliphatic rings. The maximum Gasteiger partial charge on any atom is 0.310 e. The number of rotatable bonds is 5. The Morgan fingerprint density at radius 2 is 2.25 bits per heavy atom. The fraction of sp³-hybridized carbons (Fsp3) is 0.923. The first-order valence-electron chi connectivity index (χ1n) is 6.62. The van der Waals surface area contributed by atoms with Gasteiger partial charge in [0.05, 0.1) is 5.41 Å². The van der Waals surface area contributed by atoms with Gasteiger partial charge in [0.25, 0.3) is 0 Å². The van der Waals surface area contributed by atoms with E-state index >= 15 is 0 Å². The van der Waals surface area contributed by atoms with Crippen LogP contribution in [0.4, 0.5) is 0 Å². The highest BCUT2D eigenvalue weighted by molar-refractivity contribution is 5.75. The van der Waals surface area contributed by atoms with Crippen molar-refractivity contribution in [1.29, 1.82) is 0 Å². The standard InChI is InChI=1S/C13H23NO2/c1-2-6-13(12(15)16)7-8-14(10-13)9-11-4-3-5-11/h11H,2-10H2,1H3,(H,15,16). The molecular formula is C13H23NO2. The largest absolute Gasteiger partial charge is 0.481 e. The van der Waals surface area contributed by atoms with Gasteiger partial charge in [-0.15, -0.1) is 0 Å². The summed E-state index contributed by atoms with van der Waals surface area (Å²) >= 11 is 0. The predicted molar refractivity (Wildman–Crippen MR) is 63.4 cm³/mol. The molecule has 1 aliphatic heterocycles. The van der Waals surface area contributed by atoms with Gasteiger partial charge in [-0.25, -0.2) is 0 Å². The van der Waals surface area contributed by atoms with E-state index in [1.54, 1.807) is 0 Å². The van der Waals surface area contributed by atoms with Crippen LogP contribution in [0.1, 0.15) is 45.4 Å². The van der Waals surface area contributed by atoms with Crippen molar-refractivity contribution in [2.24, 2.45) is 11.3 Å². The molecule has 1 atom stereocenters. The van der Waals surface area contributed by atoms with Crippen molar-refractivity contribution < 1.29 is 9.90 Å². The van der Waals surface area contributed by atoms with Gasteiger partial charge in [-0.3, -0.25) is 4.79 Å². The summed E-state index contributed by atoms with van der Waals surface area (Å²) in [5.74, 6) is 0.275. The van der Waals surface area contributed by atoms with E-state index in [4.69, 9.17) is 0 Å². The van der Waals surface area contributed by atoms with Crippen LogP contribution in [0.2, 0.25) is 0 Å². The molecule has 1 heterocycles. The molecule has 1 N–H and O–H groups in total. The highest BCUT2D eigenvalue weighted by atomic mass is 16.4. The molecule has 1 aliphatic carbocycles. The number of hydrogen-bond donors (Lipinski definition) is 1.